The third-order valence-corrected chi connectivity index (χ3v) is 3.41. The summed E-state index contributed by atoms with van der Waals surface area (Å²) in [4.78, 5) is 7.67. The van der Waals surface area contributed by atoms with Crippen LogP contribution in [0.2, 0.25) is 0 Å². The minimum Gasteiger partial charge on any atom is -0.361 e. The van der Waals surface area contributed by atoms with Gasteiger partial charge in [0.1, 0.15) is 0 Å². The number of fused-ring (bicyclic) bond motifs is 1. The summed E-state index contributed by atoms with van der Waals surface area (Å²) in [6, 6.07) is 14.6. The molecule has 0 unspecified atom stereocenters. The number of para-hydroxylation sites is 1. The summed E-state index contributed by atoms with van der Waals surface area (Å²) < 4.78 is 0. The molecule has 3 nitrogen and oxygen atoms in total. The van der Waals surface area contributed by atoms with E-state index in [0.29, 0.717) is 0 Å². The summed E-state index contributed by atoms with van der Waals surface area (Å²) in [5.74, 6) is 0. The molecule has 0 aliphatic rings. The fraction of sp³-hybridized carbons (Fsp3) is 0.188. The number of hydrogen-bond donors (Lipinski definition) is 2. The number of nitrogens with zero attached hydrogens (tertiary/aromatic N) is 1. The number of pyridine rings is 1. The molecular formula is C16H17N3. The van der Waals surface area contributed by atoms with Crippen molar-refractivity contribution in [1.29, 1.82) is 0 Å². The molecule has 2 heterocycles. The third kappa shape index (κ3) is 2.51. The van der Waals surface area contributed by atoms with Crippen molar-refractivity contribution in [1.82, 2.24) is 15.3 Å². The lowest BCUT2D eigenvalue weighted by Crippen LogP contribution is -2.18. The molecule has 0 spiro atoms. The Kier molecular flexibility index (Phi) is 3.29. The predicted octanol–water partition coefficient (Wildman–Crippen LogP) is 3.41. The number of hydrogen-bond acceptors (Lipinski definition) is 2. The van der Waals surface area contributed by atoms with E-state index in [9.17, 15) is 0 Å². The summed E-state index contributed by atoms with van der Waals surface area (Å²) >= 11 is 0. The molecule has 0 amide bonds. The Labute approximate surface area is 112 Å². The first-order chi connectivity index (χ1) is 9.34. The van der Waals surface area contributed by atoms with Crippen LogP contribution in [0, 0.1) is 0 Å². The van der Waals surface area contributed by atoms with Gasteiger partial charge in [0.2, 0.25) is 0 Å². The highest BCUT2D eigenvalue weighted by Gasteiger charge is 2.07. The van der Waals surface area contributed by atoms with Gasteiger partial charge in [-0.2, -0.15) is 0 Å². The molecule has 3 rings (SSSR count). The number of benzene rings is 1. The quantitative estimate of drug-likeness (QED) is 0.746. The summed E-state index contributed by atoms with van der Waals surface area (Å²) in [6.45, 7) is 2.97. The zero-order valence-electron chi connectivity index (χ0n) is 10.9. The van der Waals surface area contributed by atoms with Crippen LogP contribution in [0.15, 0.2) is 54.9 Å². The predicted molar refractivity (Wildman–Crippen MR) is 77.8 cm³/mol. The van der Waals surface area contributed by atoms with Gasteiger partial charge < -0.3 is 10.3 Å². The summed E-state index contributed by atoms with van der Waals surface area (Å²) in [5, 5.41) is 4.79. The van der Waals surface area contributed by atoms with E-state index in [1.807, 2.05) is 30.5 Å². The van der Waals surface area contributed by atoms with Gasteiger partial charge in [0, 0.05) is 35.9 Å². The van der Waals surface area contributed by atoms with Gasteiger partial charge in [-0.3, -0.25) is 4.98 Å². The first kappa shape index (κ1) is 11.9. The fourth-order valence-electron chi connectivity index (χ4n) is 2.28. The van der Waals surface area contributed by atoms with Gasteiger partial charge in [-0.05, 0) is 30.7 Å². The molecule has 1 atom stereocenters. The van der Waals surface area contributed by atoms with Gasteiger partial charge in [0.05, 0.1) is 5.69 Å². The highest BCUT2D eigenvalue weighted by Crippen LogP contribution is 2.18. The van der Waals surface area contributed by atoms with Crippen LogP contribution >= 0.6 is 0 Å². The molecule has 0 aliphatic carbocycles. The molecule has 2 aromatic heterocycles. The van der Waals surface area contributed by atoms with Crippen molar-refractivity contribution in [2.45, 2.75) is 19.5 Å². The van der Waals surface area contributed by atoms with Gasteiger partial charge >= 0.3 is 0 Å². The van der Waals surface area contributed by atoms with E-state index >= 15 is 0 Å². The summed E-state index contributed by atoms with van der Waals surface area (Å²) in [5.41, 5.74) is 3.55. The molecule has 2 N–H and O–H groups in total. The number of rotatable bonds is 4. The number of H-pyrrole nitrogens is 1. The lowest BCUT2D eigenvalue weighted by Gasteiger charge is -2.12. The number of aromatic amines is 1. The van der Waals surface area contributed by atoms with Crippen LogP contribution in [-0.4, -0.2) is 9.97 Å². The SMILES string of the molecule is C[C@H](NCc1c[nH]c2ccccc12)c1ccccn1. The molecule has 0 bridgehead atoms. The Morgan fingerprint density at radius 1 is 1.16 bits per heavy atom. The van der Waals surface area contributed by atoms with E-state index in [-0.39, 0.29) is 6.04 Å². The van der Waals surface area contributed by atoms with Crippen LogP contribution in [-0.2, 0) is 6.54 Å². The zero-order chi connectivity index (χ0) is 13.1. The normalized spacial score (nSPS) is 12.7. The van der Waals surface area contributed by atoms with Crippen molar-refractivity contribution in [3.05, 3.63) is 66.1 Å². The van der Waals surface area contributed by atoms with Crippen molar-refractivity contribution < 1.29 is 0 Å². The Morgan fingerprint density at radius 3 is 2.84 bits per heavy atom. The monoisotopic (exact) mass is 251 g/mol. The molecule has 1 aromatic carbocycles. The van der Waals surface area contributed by atoms with Crippen LogP contribution in [0.25, 0.3) is 10.9 Å². The summed E-state index contributed by atoms with van der Waals surface area (Å²) in [7, 11) is 0. The van der Waals surface area contributed by atoms with Crippen molar-refractivity contribution >= 4 is 10.9 Å². The van der Waals surface area contributed by atoms with E-state index in [1.165, 1.54) is 16.5 Å². The molecule has 96 valence electrons. The van der Waals surface area contributed by atoms with Crippen LogP contribution in [0.1, 0.15) is 24.2 Å². The zero-order valence-corrected chi connectivity index (χ0v) is 10.9. The smallest absolute Gasteiger partial charge is 0.0570 e. The van der Waals surface area contributed by atoms with Gasteiger partial charge in [0.25, 0.3) is 0 Å². The Balaban J connectivity index is 1.73. The number of nitrogens with one attached hydrogen (secondary N) is 2. The highest BCUT2D eigenvalue weighted by molar-refractivity contribution is 5.82. The highest BCUT2D eigenvalue weighted by atomic mass is 14.9. The van der Waals surface area contributed by atoms with E-state index in [2.05, 4.69) is 46.6 Å². The lowest BCUT2D eigenvalue weighted by atomic mass is 10.1. The van der Waals surface area contributed by atoms with Gasteiger partial charge in [0.15, 0.2) is 0 Å². The topological polar surface area (TPSA) is 40.7 Å². The molecule has 0 saturated carbocycles. The van der Waals surface area contributed by atoms with Crippen LogP contribution in [0.5, 0.6) is 0 Å². The maximum atomic E-state index is 4.37. The first-order valence-electron chi connectivity index (χ1n) is 6.54. The van der Waals surface area contributed by atoms with Gasteiger partial charge in [-0.1, -0.05) is 24.3 Å². The van der Waals surface area contributed by atoms with E-state index < -0.39 is 0 Å². The Morgan fingerprint density at radius 2 is 2.00 bits per heavy atom. The van der Waals surface area contributed by atoms with Gasteiger partial charge in [-0.25, -0.2) is 0 Å². The Hall–Kier alpha value is -2.13. The van der Waals surface area contributed by atoms with E-state index in [0.717, 1.165) is 12.2 Å². The fourth-order valence-corrected chi connectivity index (χ4v) is 2.28. The largest absolute Gasteiger partial charge is 0.361 e. The Bertz CT molecular complexity index is 658. The second-order valence-corrected chi connectivity index (χ2v) is 4.72. The minimum atomic E-state index is 0.245. The second-order valence-electron chi connectivity index (χ2n) is 4.72. The molecule has 0 aliphatic heterocycles. The van der Waals surface area contributed by atoms with Crippen molar-refractivity contribution in [2.24, 2.45) is 0 Å². The molecule has 3 heteroatoms. The van der Waals surface area contributed by atoms with E-state index in [4.69, 9.17) is 0 Å². The van der Waals surface area contributed by atoms with Crippen molar-refractivity contribution in [2.75, 3.05) is 0 Å². The average Bonchev–Trinajstić information content (AvgIpc) is 2.89. The van der Waals surface area contributed by atoms with E-state index in [1.54, 1.807) is 0 Å². The summed E-state index contributed by atoms with van der Waals surface area (Å²) in [6.07, 6.45) is 3.90. The van der Waals surface area contributed by atoms with Gasteiger partial charge in [-0.15, -0.1) is 0 Å². The molecular weight excluding hydrogens is 234 g/mol. The lowest BCUT2D eigenvalue weighted by molar-refractivity contribution is 0.563. The molecule has 0 radical (unpaired) electrons. The maximum absolute atomic E-state index is 4.37. The molecule has 3 aromatic rings. The minimum absolute atomic E-state index is 0.245. The van der Waals surface area contributed by atoms with Crippen molar-refractivity contribution in [3.8, 4) is 0 Å². The first-order valence-corrected chi connectivity index (χ1v) is 6.54. The van der Waals surface area contributed by atoms with Crippen LogP contribution < -0.4 is 5.32 Å². The average molecular weight is 251 g/mol. The third-order valence-electron chi connectivity index (χ3n) is 3.41. The van der Waals surface area contributed by atoms with Crippen LogP contribution in [0.4, 0.5) is 0 Å². The van der Waals surface area contributed by atoms with Crippen molar-refractivity contribution in [3.63, 3.8) is 0 Å². The standard InChI is InChI=1S/C16H17N3/c1-12(15-7-4-5-9-17-15)18-10-13-11-19-16-8-3-2-6-14(13)16/h2-9,11-12,18-19H,10H2,1H3/t12-/m0/s1. The number of aromatic nitrogens is 2. The molecule has 0 fully saturated rings. The maximum Gasteiger partial charge on any atom is 0.0570 e. The molecule has 0 saturated heterocycles. The second kappa shape index (κ2) is 5.24. The molecule has 19 heavy (non-hydrogen) atoms. The van der Waals surface area contributed by atoms with Crippen LogP contribution in [0.3, 0.4) is 0 Å².